The second-order valence-electron chi connectivity index (χ2n) is 7.29. The van der Waals surface area contributed by atoms with E-state index in [9.17, 15) is 4.79 Å². The highest BCUT2D eigenvalue weighted by Gasteiger charge is 2.20. The molecule has 1 atom stereocenters. The average Bonchev–Trinajstić information content (AvgIpc) is 3.27. The summed E-state index contributed by atoms with van der Waals surface area (Å²) in [5, 5.41) is 9.48. The number of aryl methyl sites for hydroxylation is 1. The SMILES string of the molecule is COCCCn1c(SC(C)c2nnc(-c3ccc(C)cc3)o2)nc2ccccc2c1=O. The smallest absolute Gasteiger partial charge is 0.262 e. The van der Waals surface area contributed by atoms with Crippen molar-refractivity contribution in [3.63, 3.8) is 0 Å². The van der Waals surface area contributed by atoms with E-state index in [-0.39, 0.29) is 10.8 Å². The topological polar surface area (TPSA) is 83.0 Å². The summed E-state index contributed by atoms with van der Waals surface area (Å²) >= 11 is 1.44. The first-order chi connectivity index (χ1) is 15.1. The molecule has 0 saturated heterocycles. The summed E-state index contributed by atoms with van der Waals surface area (Å²) in [6.07, 6.45) is 0.719. The molecule has 0 N–H and O–H groups in total. The number of fused-ring (bicyclic) bond motifs is 1. The molecule has 4 rings (SSSR count). The fraction of sp³-hybridized carbons (Fsp3) is 0.304. The second-order valence-corrected chi connectivity index (χ2v) is 8.59. The number of ether oxygens (including phenoxy) is 1. The number of para-hydroxylation sites is 1. The van der Waals surface area contributed by atoms with Gasteiger partial charge in [-0.3, -0.25) is 9.36 Å². The molecule has 31 heavy (non-hydrogen) atoms. The van der Waals surface area contributed by atoms with Crippen molar-refractivity contribution in [2.24, 2.45) is 0 Å². The second kappa shape index (κ2) is 9.45. The molecule has 1 unspecified atom stereocenters. The fourth-order valence-electron chi connectivity index (χ4n) is 3.22. The normalized spacial score (nSPS) is 12.4. The standard InChI is InChI=1S/C23H24N4O3S/c1-15-9-11-17(12-10-15)21-26-25-20(30-21)16(2)31-23-24-19-8-5-4-7-18(19)22(28)27(23)13-6-14-29-3/h4-5,7-12,16H,6,13-14H2,1-3H3. The lowest BCUT2D eigenvalue weighted by molar-refractivity contribution is 0.189. The van der Waals surface area contributed by atoms with Crippen LogP contribution < -0.4 is 5.56 Å². The molecule has 0 aliphatic carbocycles. The van der Waals surface area contributed by atoms with Gasteiger partial charge in [0.1, 0.15) is 0 Å². The zero-order valence-corrected chi connectivity index (χ0v) is 18.6. The van der Waals surface area contributed by atoms with Crippen molar-refractivity contribution in [1.82, 2.24) is 19.7 Å². The molecule has 4 aromatic rings. The minimum absolute atomic E-state index is 0.0534. The van der Waals surface area contributed by atoms with Crippen LogP contribution in [0.2, 0.25) is 0 Å². The molecule has 0 aliphatic rings. The van der Waals surface area contributed by atoms with Gasteiger partial charge in [-0.15, -0.1) is 10.2 Å². The summed E-state index contributed by atoms with van der Waals surface area (Å²) in [5.74, 6) is 0.970. The molecule has 2 heterocycles. The van der Waals surface area contributed by atoms with Gasteiger partial charge in [0, 0.05) is 25.8 Å². The zero-order chi connectivity index (χ0) is 21.8. The highest BCUT2D eigenvalue weighted by Crippen LogP contribution is 2.34. The van der Waals surface area contributed by atoms with Gasteiger partial charge >= 0.3 is 0 Å². The molecule has 0 amide bonds. The van der Waals surface area contributed by atoms with E-state index in [0.717, 1.165) is 12.0 Å². The summed E-state index contributed by atoms with van der Waals surface area (Å²) in [6.45, 7) is 5.10. The van der Waals surface area contributed by atoms with Crippen molar-refractivity contribution in [3.8, 4) is 11.5 Å². The van der Waals surface area contributed by atoms with Crippen molar-refractivity contribution >= 4 is 22.7 Å². The lowest BCUT2D eigenvalue weighted by atomic mass is 10.1. The molecule has 0 saturated carbocycles. The quantitative estimate of drug-likeness (QED) is 0.226. The minimum Gasteiger partial charge on any atom is -0.419 e. The summed E-state index contributed by atoms with van der Waals surface area (Å²) in [6, 6.07) is 15.3. The van der Waals surface area contributed by atoms with Gasteiger partial charge in [-0.1, -0.05) is 41.6 Å². The van der Waals surface area contributed by atoms with Crippen LogP contribution in [0.3, 0.4) is 0 Å². The van der Waals surface area contributed by atoms with E-state index in [0.29, 0.717) is 41.0 Å². The molecule has 0 bridgehead atoms. The van der Waals surface area contributed by atoms with Crippen LogP contribution in [0.25, 0.3) is 22.4 Å². The molecule has 0 radical (unpaired) electrons. The predicted octanol–water partition coefficient (Wildman–Crippen LogP) is 4.64. The van der Waals surface area contributed by atoms with Crippen LogP contribution in [-0.4, -0.2) is 33.5 Å². The van der Waals surface area contributed by atoms with E-state index >= 15 is 0 Å². The van der Waals surface area contributed by atoms with E-state index < -0.39 is 0 Å². The number of hydrogen-bond donors (Lipinski definition) is 0. The highest BCUT2D eigenvalue weighted by atomic mass is 32.2. The van der Waals surface area contributed by atoms with E-state index in [2.05, 4.69) is 10.2 Å². The lowest BCUT2D eigenvalue weighted by Crippen LogP contribution is -2.24. The molecular weight excluding hydrogens is 412 g/mol. The monoisotopic (exact) mass is 436 g/mol. The average molecular weight is 437 g/mol. The summed E-state index contributed by atoms with van der Waals surface area (Å²) in [5.41, 5.74) is 2.67. The van der Waals surface area contributed by atoms with Gasteiger partial charge in [-0.05, 0) is 44.5 Å². The fourth-order valence-corrected chi connectivity index (χ4v) is 4.19. The van der Waals surface area contributed by atoms with Gasteiger partial charge in [-0.25, -0.2) is 4.98 Å². The Bertz CT molecular complexity index is 1230. The third-order valence-corrected chi connectivity index (χ3v) is 6.00. The molecule has 0 aliphatic heterocycles. The number of nitrogens with zero attached hydrogens (tertiary/aromatic N) is 4. The molecule has 8 heteroatoms. The van der Waals surface area contributed by atoms with E-state index in [1.54, 1.807) is 17.7 Å². The van der Waals surface area contributed by atoms with Gasteiger partial charge in [0.15, 0.2) is 5.16 Å². The van der Waals surface area contributed by atoms with Crippen LogP contribution in [0.15, 0.2) is 62.9 Å². The van der Waals surface area contributed by atoms with Crippen molar-refractivity contribution in [2.75, 3.05) is 13.7 Å². The Balaban J connectivity index is 1.63. The van der Waals surface area contributed by atoms with Gasteiger partial charge < -0.3 is 9.15 Å². The number of methoxy groups -OCH3 is 1. The van der Waals surface area contributed by atoms with Gasteiger partial charge in [0.2, 0.25) is 11.8 Å². The maximum atomic E-state index is 13.1. The summed E-state index contributed by atoms with van der Waals surface area (Å²) in [7, 11) is 1.65. The van der Waals surface area contributed by atoms with Crippen molar-refractivity contribution in [3.05, 3.63) is 70.3 Å². The first-order valence-corrected chi connectivity index (χ1v) is 11.0. The largest absolute Gasteiger partial charge is 0.419 e. The Labute approximate surface area is 184 Å². The highest BCUT2D eigenvalue weighted by molar-refractivity contribution is 7.99. The van der Waals surface area contributed by atoms with Gasteiger partial charge in [0.25, 0.3) is 5.56 Å². The van der Waals surface area contributed by atoms with Crippen molar-refractivity contribution in [2.45, 2.75) is 37.2 Å². The Morgan fingerprint density at radius 2 is 1.90 bits per heavy atom. The number of aromatic nitrogens is 4. The van der Waals surface area contributed by atoms with E-state index in [1.165, 1.54) is 17.3 Å². The maximum absolute atomic E-state index is 13.1. The van der Waals surface area contributed by atoms with Gasteiger partial charge in [-0.2, -0.15) is 0 Å². The van der Waals surface area contributed by atoms with Gasteiger partial charge in [0.05, 0.1) is 16.2 Å². The Morgan fingerprint density at radius 3 is 2.68 bits per heavy atom. The first-order valence-electron chi connectivity index (χ1n) is 10.1. The number of benzene rings is 2. The number of thioether (sulfide) groups is 1. The molecule has 0 spiro atoms. The van der Waals surface area contributed by atoms with E-state index in [1.807, 2.05) is 56.3 Å². The maximum Gasteiger partial charge on any atom is 0.262 e. The Hall–Kier alpha value is -2.97. The van der Waals surface area contributed by atoms with Crippen LogP contribution in [0, 0.1) is 6.92 Å². The summed E-state index contributed by atoms with van der Waals surface area (Å²) < 4.78 is 12.8. The summed E-state index contributed by atoms with van der Waals surface area (Å²) in [4.78, 5) is 17.8. The van der Waals surface area contributed by atoms with E-state index in [4.69, 9.17) is 14.1 Å². The zero-order valence-electron chi connectivity index (χ0n) is 17.7. The first kappa shape index (κ1) is 21.3. The third-order valence-electron chi connectivity index (χ3n) is 4.93. The number of hydrogen-bond acceptors (Lipinski definition) is 7. The lowest BCUT2D eigenvalue weighted by Gasteiger charge is -2.14. The molecular formula is C23H24N4O3S. The Morgan fingerprint density at radius 1 is 1.13 bits per heavy atom. The van der Waals surface area contributed by atoms with Crippen LogP contribution in [0.4, 0.5) is 0 Å². The molecule has 0 fully saturated rings. The van der Waals surface area contributed by atoms with Crippen molar-refractivity contribution in [1.29, 1.82) is 0 Å². The minimum atomic E-state index is -0.173. The molecule has 2 aromatic carbocycles. The predicted molar refractivity (Wildman–Crippen MR) is 121 cm³/mol. The van der Waals surface area contributed by atoms with Crippen LogP contribution in [0.5, 0.6) is 0 Å². The molecule has 160 valence electrons. The van der Waals surface area contributed by atoms with Crippen molar-refractivity contribution < 1.29 is 9.15 Å². The van der Waals surface area contributed by atoms with Crippen LogP contribution in [0.1, 0.15) is 30.0 Å². The van der Waals surface area contributed by atoms with Crippen LogP contribution >= 0.6 is 11.8 Å². The molecule has 7 nitrogen and oxygen atoms in total. The third kappa shape index (κ3) is 4.70. The molecule has 2 aromatic heterocycles. The van der Waals surface area contributed by atoms with Crippen LogP contribution in [-0.2, 0) is 11.3 Å². The Kier molecular flexibility index (Phi) is 6.48. The number of rotatable bonds is 8.